The first kappa shape index (κ1) is 13.2. The Morgan fingerprint density at radius 2 is 2.26 bits per heavy atom. The molecule has 102 valence electrons. The molecule has 1 heterocycles. The van der Waals surface area contributed by atoms with Gasteiger partial charge in [-0.25, -0.2) is 4.79 Å². The Kier molecular flexibility index (Phi) is 3.89. The van der Waals surface area contributed by atoms with Gasteiger partial charge in [0.1, 0.15) is 18.4 Å². The summed E-state index contributed by atoms with van der Waals surface area (Å²) in [6.07, 6.45) is -0.454. The van der Waals surface area contributed by atoms with Crippen molar-refractivity contribution in [2.45, 2.75) is 19.4 Å². The molecule has 0 unspecified atom stereocenters. The van der Waals surface area contributed by atoms with Crippen LogP contribution in [-0.4, -0.2) is 36.3 Å². The predicted molar refractivity (Wildman–Crippen MR) is 69.5 cm³/mol. The van der Waals surface area contributed by atoms with Crippen LogP contribution in [0.5, 0.6) is 5.75 Å². The number of anilines is 1. The molecule has 2 rings (SSSR count). The van der Waals surface area contributed by atoms with Crippen molar-refractivity contribution in [2.24, 2.45) is 0 Å². The predicted octanol–water partition coefficient (Wildman–Crippen LogP) is 1.46. The standard InChI is InChI=1S/C13H16N2O4/c1-2-7-15-10-5-3-4-6-11(10)19-8-9(12(15)16)14-13(17)18/h3-6,9,14H,2,7-8H2,1H3,(H,17,18)/t9-/m0/s1. The molecule has 0 fully saturated rings. The number of ether oxygens (including phenoxy) is 1. The first-order valence-electron chi connectivity index (χ1n) is 6.16. The molecule has 1 aliphatic heterocycles. The third-order valence-electron chi connectivity index (χ3n) is 2.87. The first-order valence-corrected chi connectivity index (χ1v) is 6.16. The van der Waals surface area contributed by atoms with Crippen LogP contribution in [0.1, 0.15) is 13.3 Å². The van der Waals surface area contributed by atoms with Crippen molar-refractivity contribution < 1.29 is 19.4 Å². The molecular formula is C13H16N2O4. The van der Waals surface area contributed by atoms with Gasteiger partial charge in [0.25, 0.3) is 5.91 Å². The highest BCUT2D eigenvalue weighted by atomic mass is 16.5. The molecule has 6 heteroatoms. The van der Waals surface area contributed by atoms with Crippen molar-refractivity contribution in [1.82, 2.24) is 5.32 Å². The minimum Gasteiger partial charge on any atom is -0.489 e. The van der Waals surface area contributed by atoms with Crippen LogP contribution in [0.2, 0.25) is 0 Å². The van der Waals surface area contributed by atoms with E-state index in [4.69, 9.17) is 9.84 Å². The summed E-state index contributed by atoms with van der Waals surface area (Å²) < 4.78 is 5.52. The molecule has 6 nitrogen and oxygen atoms in total. The van der Waals surface area contributed by atoms with E-state index in [1.165, 1.54) is 0 Å². The van der Waals surface area contributed by atoms with Gasteiger partial charge in [-0.1, -0.05) is 19.1 Å². The molecule has 1 aromatic rings. The highest BCUT2D eigenvalue weighted by Gasteiger charge is 2.31. The van der Waals surface area contributed by atoms with E-state index < -0.39 is 12.1 Å². The number of benzene rings is 1. The monoisotopic (exact) mass is 264 g/mol. The molecule has 19 heavy (non-hydrogen) atoms. The van der Waals surface area contributed by atoms with Crippen molar-refractivity contribution in [3.05, 3.63) is 24.3 Å². The molecule has 1 aliphatic rings. The Bertz CT molecular complexity index is 489. The topological polar surface area (TPSA) is 78.9 Å². The van der Waals surface area contributed by atoms with Gasteiger partial charge >= 0.3 is 6.09 Å². The van der Waals surface area contributed by atoms with Gasteiger partial charge in [-0.3, -0.25) is 4.79 Å². The third-order valence-corrected chi connectivity index (χ3v) is 2.87. The smallest absolute Gasteiger partial charge is 0.405 e. The van der Waals surface area contributed by atoms with Crippen molar-refractivity contribution in [2.75, 3.05) is 18.1 Å². The van der Waals surface area contributed by atoms with Crippen LogP contribution in [0, 0.1) is 0 Å². The van der Waals surface area contributed by atoms with E-state index in [0.717, 1.165) is 6.42 Å². The van der Waals surface area contributed by atoms with E-state index in [-0.39, 0.29) is 12.5 Å². The average molecular weight is 264 g/mol. The fraction of sp³-hybridized carbons (Fsp3) is 0.385. The molecule has 0 aromatic heterocycles. The Morgan fingerprint density at radius 1 is 1.53 bits per heavy atom. The Labute approximate surface area is 111 Å². The molecule has 1 aromatic carbocycles. The minimum absolute atomic E-state index is 0.00234. The summed E-state index contributed by atoms with van der Waals surface area (Å²) in [6.45, 7) is 2.49. The Hall–Kier alpha value is -2.24. The summed E-state index contributed by atoms with van der Waals surface area (Å²) in [4.78, 5) is 24.7. The van der Waals surface area contributed by atoms with E-state index >= 15 is 0 Å². The van der Waals surface area contributed by atoms with Crippen LogP contribution >= 0.6 is 0 Å². The Morgan fingerprint density at radius 3 is 2.95 bits per heavy atom. The number of rotatable bonds is 3. The van der Waals surface area contributed by atoms with E-state index in [1.54, 1.807) is 17.0 Å². The normalized spacial score (nSPS) is 18.3. The van der Waals surface area contributed by atoms with Gasteiger partial charge in [-0.05, 0) is 18.6 Å². The number of fused-ring (bicyclic) bond motifs is 1. The number of nitrogens with zero attached hydrogens (tertiary/aromatic N) is 1. The number of carbonyl (C=O) groups excluding carboxylic acids is 1. The number of hydrogen-bond acceptors (Lipinski definition) is 3. The second-order valence-corrected chi connectivity index (χ2v) is 4.27. The molecule has 0 saturated carbocycles. The highest BCUT2D eigenvalue weighted by molar-refractivity contribution is 6.00. The maximum absolute atomic E-state index is 12.4. The van der Waals surface area contributed by atoms with Crippen molar-refractivity contribution in [3.8, 4) is 5.75 Å². The summed E-state index contributed by atoms with van der Waals surface area (Å²) in [6, 6.07) is 6.33. The number of hydrogen-bond donors (Lipinski definition) is 2. The zero-order valence-electron chi connectivity index (χ0n) is 10.6. The molecule has 1 atom stereocenters. The SMILES string of the molecule is CCCN1C(=O)[C@@H](NC(=O)O)COc2ccccc21. The molecule has 0 bridgehead atoms. The molecule has 0 radical (unpaired) electrons. The quantitative estimate of drug-likeness (QED) is 0.866. The van der Waals surface area contributed by atoms with Gasteiger partial charge in [0.2, 0.25) is 0 Å². The summed E-state index contributed by atoms with van der Waals surface area (Å²) in [5.74, 6) is 0.313. The number of carboxylic acid groups (broad SMARTS) is 1. The van der Waals surface area contributed by atoms with Crippen molar-refractivity contribution >= 4 is 17.7 Å². The van der Waals surface area contributed by atoms with E-state index in [1.807, 2.05) is 19.1 Å². The molecule has 2 amide bonds. The summed E-state index contributed by atoms with van der Waals surface area (Å²) in [5.41, 5.74) is 0.684. The van der Waals surface area contributed by atoms with Gasteiger partial charge < -0.3 is 20.1 Å². The summed E-state index contributed by atoms with van der Waals surface area (Å²) in [5, 5.41) is 11.0. The van der Waals surface area contributed by atoms with Gasteiger partial charge in [0.05, 0.1) is 5.69 Å². The Balaban J connectivity index is 2.33. The maximum Gasteiger partial charge on any atom is 0.405 e. The van der Waals surface area contributed by atoms with E-state index in [2.05, 4.69) is 5.32 Å². The van der Waals surface area contributed by atoms with Crippen molar-refractivity contribution in [1.29, 1.82) is 0 Å². The number of amides is 2. The molecular weight excluding hydrogens is 248 g/mol. The van der Waals surface area contributed by atoms with Crippen LogP contribution in [-0.2, 0) is 4.79 Å². The zero-order chi connectivity index (χ0) is 13.8. The van der Waals surface area contributed by atoms with Gasteiger partial charge in [-0.2, -0.15) is 0 Å². The molecule has 0 spiro atoms. The van der Waals surface area contributed by atoms with Crippen LogP contribution < -0.4 is 15.0 Å². The molecule has 0 aliphatic carbocycles. The number of nitrogens with one attached hydrogen (secondary N) is 1. The fourth-order valence-corrected chi connectivity index (χ4v) is 2.06. The maximum atomic E-state index is 12.4. The lowest BCUT2D eigenvalue weighted by Crippen LogP contribution is -2.50. The lowest BCUT2D eigenvalue weighted by Gasteiger charge is -2.23. The van der Waals surface area contributed by atoms with E-state index in [9.17, 15) is 9.59 Å². The lowest BCUT2D eigenvalue weighted by molar-refractivity contribution is -0.120. The summed E-state index contributed by atoms with van der Waals surface area (Å²) >= 11 is 0. The average Bonchev–Trinajstić information content (AvgIpc) is 2.51. The number of para-hydroxylation sites is 2. The number of carbonyl (C=O) groups is 2. The van der Waals surface area contributed by atoms with Crippen LogP contribution in [0.3, 0.4) is 0 Å². The lowest BCUT2D eigenvalue weighted by atomic mass is 10.2. The second kappa shape index (κ2) is 5.60. The van der Waals surface area contributed by atoms with Crippen molar-refractivity contribution in [3.63, 3.8) is 0 Å². The van der Waals surface area contributed by atoms with E-state index in [0.29, 0.717) is 18.0 Å². The minimum atomic E-state index is -1.23. The highest BCUT2D eigenvalue weighted by Crippen LogP contribution is 2.31. The summed E-state index contributed by atoms with van der Waals surface area (Å²) in [7, 11) is 0. The molecule has 0 saturated heterocycles. The third kappa shape index (κ3) is 2.78. The molecule has 2 N–H and O–H groups in total. The van der Waals surface area contributed by atoms with Crippen LogP contribution in [0.25, 0.3) is 0 Å². The van der Waals surface area contributed by atoms with Gasteiger partial charge in [-0.15, -0.1) is 0 Å². The fourth-order valence-electron chi connectivity index (χ4n) is 2.06. The van der Waals surface area contributed by atoms with Crippen LogP contribution in [0.4, 0.5) is 10.5 Å². The van der Waals surface area contributed by atoms with Gasteiger partial charge in [0.15, 0.2) is 0 Å². The van der Waals surface area contributed by atoms with Gasteiger partial charge in [0, 0.05) is 6.54 Å². The second-order valence-electron chi connectivity index (χ2n) is 4.27. The zero-order valence-corrected chi connectivity index (χ0v) is 10.6. The largest absolute Gasteiger partial charge is 0.489 e. The first-order chi connectivity index (χ1) is 9.13. The van der Waals surface area contributed by atoms with Crippen LogP contribution in [0.15, 0.2) is 24.3 Å².